The van der Waals surface area contributed by atoms with Crippen LogP contribution in [0.2, 0.25) is 0 Å². The van der Waals surface area contributed by atoms with Crippen molar-refractivity contribution in [3.8, 4) is 5.75 Å². The van der Waals surface area contributed by atoms with Crippen molar-refractivity contribution in [1.82, 2.24) is 0 Å². The molecule has 1 aromatic carbocycles. The van der Waals surface area contributed by atoms with Crippen LogP contribution in [0, 0.1) is 5.41 Å². The zero-order chi connectivity index (χ0) is 13.2. The second-order valence-corrected chi connectivity index (χ2v) is 5.76. The van der Waals surface area contributed by atoms with Crippen LogP contribution >= 0.6 is 0 Å². The molecule has 3 nitrogen and oxygen atoms in total. The van der Waals surface area contributed by atoms with Gasteiger partial charge in [-0.3, -0.25) is 0 Å². The number of hydrogen-bond donors (Lipinski definition) is 2. The van der Waals surface area contributed by atoms with Gasteiger partial charge < -0.3 is 15.8 Å². The molecule has 0 spiro atoms. The van der Waals surface area contributed by atoms with Crippen molar-refractivity contribution >= 4 is 11.4 Å². The Kier molecular flexibility index (Phi) is 3.69. The van der Waals surface area contributed by atoms with Crippen molar-refractivity contribution in [2.75, 3.05) is 17.7 Å². The summed E-state index contributed by atoms with van der Waals surface area (Å²) < 4.78 is 5.53. The summed E-state index contributed by atoms with van der Waals surface area (Å²) in [7, 11) is 0. The minimum atomic E-state index is 0.368. The number of rotatable bonds is 4. The van der Waals surface area contributed by atoms with Gasteiger partial charge in [-0.2, -0.15) is 0 Å². The second kappa shape index (κ2) is 5.09. The van der Waals surface area contributed by atoms with E-state index < -0.39 is 0 Å². The van der Waals surface area contributed by atoms with Crippen LogP contribution in [-0.2, 0) is 0 Å². The van der Waals surface area contributed by atoms with E-state index in [0.29, 0.717) is 23.8 Å². The highest BCUT2D eigenvalue weighted by Gasteiger charge is 2.34. The first-order valence-electron chi connectivity index (χ1n) is 6.82. The molecule has 3 heteroatoms. The van der Waals surface area contributed by atoms with Crippen LogP contribution in [0.5, 0.6) is 5.75 Å². The maximum Gasteiger partial charge on any atom is 0.144 e. The maximum absolute atomic E-state index is 5.88. The van der Waals surface area contributed by atoms with Crippen LogP contribution in [0.3, 0.4) is 0 Å². The molecule has 0 saturated heterocycles. The van der Waals surface area contributed by atoms with E-state index in [9.17, 15) is 0 Å². The summed E-state index contributed by atoms with van der Waals surface area (Å²) in [4.78, 5) is 0. The number of ether oxygens (including phenoxy) is 1. The van der Waals surface area contributed by atoms with E-state index >= 15 is 0 Å². The quantitative estimate of drug-likeness (QED) is 0.799. The van der Waals surface area contributed by atoms with Crippen molar-refractivity contribution in [2.24, 2.45) is 5.41 Å². The predicted octanol–water partition coefficient (Wildman–Crippen LogP) is 3.66. The molecular formula is C15H24N2O. The summed E-state index contributed by atoms with van der Waals surface area (Å²) in [5.41, 5.74) is 8.06. The Morgan fingerprint density at radius 1 is 1.44 bits per heavy atom. The van der Waals surface area contributed by atoms with Crippen LogP contribution in [0.1, 0.15) is 40.0 Å². The summed E-state index contributed by atoms with van der Waals surface area (Å²) in [6.07, 6.45) is 3.83. The number of nitrogen functional groups attached to an aromatic ring is 1. The van der Waals surface area contributed by atoms with Crippen LogP contribution in [-0.4, -0.2) is 12.6 Å². The Morgan fingerprint density at radius 2 is 2.22 bits per heavy atom. The average molecular weight is 248 g/mol. The SMILES string of the molecule is CCOc1cc(NC2CCCC2(C)C)ccc1N. The van der Waals surface area contributed by atoms with E-state index in [2.05, 4.69) is 19.2 Å². The first-order chi connectivity index (χ1) is 8.53. The molecule has 0 bridgehead atoms. The van der Waals surface area contributed by atoms with Gasteiger partial charge in [0.2, 0.25) is 0 Å². The third-order valence-electron chi connectivity index (χ3n) is 3.91. The van der Waals surface area contributed by atoms with E-state index in [0.717, 1.165) is 11.4 Å². The normalized spacial score (nSPS) is 21.8. The third kappa shape index (κ3) is 2.71. The Bertz CT molecular complexity index is 415. The van der Waals surface area contributed by atoms with Crippen molar-refractivity contribution in [3.63, 3.8) is 0 Å². The molecule has 0 amide bonds. The fraction of sp³-hybridized carbons (Fsp3) is 0.600. The smallest absolute Gasteiger partial charge is 0.144 e. The zero-order valence-corrected chi connectivity index (χ0v) is 11.6. The number of anilines is 2. The largest absolute Gasteiger partial charge is 0.492 e. The van der Waals surface area contributed by atoms with Gasteiger partial charge in [-0.15, -0.1) is 0 Å². The molecule has 1 aliphatic rings. The topological polar surface area (TPSA) is 47.3 Å². The van der Waals surface area contributed by atoms with Crippen LogP contribution in [0.15, 0.2) is 18.2 Å². The molecular weight excluding hydrogens is 224 g/mol. The summed E-state index contributed by atoms with van der Waals surface area (Å²) in [6.45, 7) is 7.28. The monoisotopic (exact) mass is 248 g/mol. The fourth-order valence-electron chi connectivity index (χ4n) is 2.70. The Morgan fingerprint density at radius 3 is 2.83 bits per heavy atom. The number of nitrogens with two attached hydrogens (primary N) is 1. The molecule has 1 fully saturated rings. The van der Waals surface area contributed by atoms with E-state index in [4.69, 9.17) is 10.5 Å². The molecule has 100 valence electrons. The van der Waals surface area contributed by atoms with Crippen LogP contribution < -0.4 is 15.8 Å². The Labute approximate surface area is 110 Å². The van der Waals surface area contributed by atoms with Crippen molar-refractivity contribution in [3.05, 3.63) is 18.2 Å². The average Bonchev–Trinajstić information content (AvgIpc) is 2.63. The first kappa shape index (κ1) is 13.1. The van der Waals surface area contributed by atoms with E-state index in [1.54, 1.807) is 0 Å². The molecule has 0 heterocycles. The van der Waals surface area contributed by atoms with Crippen molar-refractivity contribution in [2.45, 2.75) is 46.1 Å². The highest BCUT2D eigenvalue weighted by molar-refractivity contribution is 5.61. The minimum absolute atomic E-state index is 0.368. The van der Waals surface area contributed by atoms with Gasteiger partial charge in [0.25, 0.3) is 0 Å². The molecule has 0 aromatic heterocycles. The Hall–Kier alpha value is -1.38. The van der Waals surface area contributed by atoms with Gasteiger partial charge in [0.05, 0.1) is 12.3 Å². The van der Waals surface area contributed by atoms with Crippen molar-refractivity contribution < 1.29 is 4.74 Å². The lowest BCUT2D eigenvalue weighted by Crippen LogP contribution is -2.30. The Balaban J connectivity index is 2.12. The lowest BCUT2D eigenvalue weighted by atomic mass is 9.87. The molecule has 0 aliphatic heterocycles. The lowest BCUT2D eigenvalue weighted by molar-refractivity contribution is 0.341. The van der Waals surface area contributed by atoms with E-state index in [1.165, 1.54) is 19.3 Å². The highest BCUT2D eigenvalue weighted by Crippen LogP contribution is 2.39. The van der Waals surface area contributed by atoms with Gasteiger partial charge in [-0.1, -0.05) is 20.3 Å². The van der Waals surface area contributed by atoms with Gasteiger partial charge in [0.1, 0.15) is 5.75 Å². The lowest BCUT2D eigenvalue weighted by Gasteiger charge is -2.29. The summed E-state index contributed by atoms with van der Waals surface area (Å²) in [5, 5.41) is 3.62. The van der Waals surface area contributed by atoms with Gasteiger partial charge >= 0.3 is 0 Å². The molecule has 0 radical (unpaired) electrons. The summed E-state index contributed by atoms with van der Waals surface area (Å²) >= 11 is 0. The zero-order valence-electron chi connectivity index (χ0n) is 11.6. The molecule has 1 unspecified atom stereocenters. The van der Waals surface area contributed by atoms with Gasteiger partial charge in [0, 0.05) is 17.8 Å². The number of nitrogens with one attached hydrogen (secondary N) is 1. The standard InChI is InChI=1S/C15H24N2O/c1-4-18-13-10-11(7-8-12(13)16)17-14-6-5-9-15(14,2)3/h7-8,10,14,17H,4-6,9,16H2,1-3H3. The molecule has 2 rings (SSSR count). The molecule has 18 heavy (non-hydrogen) atoms. The number of benzene rings is 1. The highest BCUT2D eigenvalue weighted by atomic mass is 16.5. The summed E-state index contributed by atoms with van der Waals surface area (Å²) in [5.74, 6) is 0.776. The molecule has 1 aliphatic carbocycles. The third-order valence-corrected chi connectivity index (χ3v) is 3.91. The summed E-state index contributed by atoms with van der Waals surface area (Å²) in [6, 6.07) is 6.49. The van der Waals surface area contributed by atoms with Crippen LogP contribution in [0.4, 0.5) is 11.4 Å². The van der Waals surface area contributed by atoms with Gasteiger partial charge in [-0.25, -0.2) is 0 Å². The molecule has 1 atom stereocenters. The molecule has 1 aromatic rings. The molecule has 3 N–H and O–H groups in total. The fourth-order valence-corrected chi connectivity index (χ4v) is 2.70. The van der Waals surface area contributed by atoms with Gasteiger partial charge in [0.15, 0.2) is 0 Å². The van der Waals surface area contributed by atoms with Crippen molar-refractivity contribution in [1.29, 1.82) is 0 Å². The second-order valence-electron chi connectivity index (χ2n) is 5.76. The predicted molar refractivity (Wildman–Crippen MR) is 77.1 cm³/mol. The van der Waals surface area contributed by atoms with E-state index in [-0.39, 0.29) is 0 Å². The van der Waals surface area contributed by atoms with Gasteiger partial charge in [-0.05, 0) is 37.3 Å². The van der Waals surface area contributed by atoms with E-state index in [1.807, 2.05) is 25.1 Å². The number of hydrogen-bond acceptors (Lipinski definition) is 3. The minimum Gasteiger partial charge on any atom is -0.492 e. The molecule has 1 saturated carbocycles. The first-order valence-corrected chi connectivity index (χ1v) is 6.82. The van der Waals surface area contributed by atoms with Crippen LogP contribution in [0.25, 0.3) is 0 Å². The maximum atomic E-state index is 5.88.